The average Bonchev–Trinajstić information content (AvgIpc) is 2.94. The zero-order valence-electron chi connectivity index (χ0n) is 21.3. The van der Waals surface area contributed by atoms with E-state index in [1.165, 1.54) is 16.7 Å². The summed E-state index contributed by atoms with van der Waals surface area (Å²) < 4.78 is 5.46. The Bertz CT molecular complexity index is 1110. The second kappa shape index (κ2) is 11.7. The first-order valence-electron chi connectivity index (χ1n) is 13.2. The number of hydrogen-bond donors (Lipinski definition) is 0. The molecule has 1 amide bonds. The predicted octanol–water partition coefficient (Wildman–Crippen LogP) is 4.99. The van der Waals surface area contributed by atoms with Crippen LogP contribution in [0.3, 0.4) is 0 Å². The van der Waals surface area contributed by atoms with E-state index in [1.54, 1.807) is 7.11 Å². The highest BCUT2D eigenvalue weighted by molar-refractivity contribution is 5.79. The SMILES string of the molecule is COc1cccc(CN2CC(C(=O)N3CCN(Cc4ccccc4)CC3)CCC2c2ccccc2)c1. The molecule has 2 aliphatic heterocycles. The van der Waals surface area contributed by atoms with Crippen LogP contribution in [-0.2, 0) is 17.9 Å². The van der Waals surface area contributed by atoms with E-state index in [0.29, 0.717) is 11.9 Å². The standard InChI is InChI=1S/C31H37N3O2/c1-36-29-14-8-11-26(21-29)23-34-24-28(15-16-30(34)27-12-6-3-7-13-27)31(35)33-19-17-32(18-20-33)22-25-9-4-2-5-10-25/h2-14,21,28,30H,15-20,22-24H2,1H3. The van der Waals surface area contributed by atoms with Gasteiger partial charge in [0.2, 0.25) is 5.91 Å². The van der Waals surface area contributed by atoms with Gasteiger partial charge >= 0.3 is 0 Å². The normalized spacial score (nSPS) is 21.3. The molecule has 0 bridgehead atoms. The Morgan fingerprint density at radius 2 is 1.50 bits per heavy atom. The van der Waals surface area contributed by atoms with Gasteiger partial charge in [-0.2, -0.15) is 0 Å². The number of piperazine rings is 1. The average molecular weight is 484 g/mol. The highest BCUT2D eigenvalue weighted by atomic mass is 16.5. The molecule has 3 aromatic carbocycles. The molecular formula is C31H37N3O2. The Morgan fingerprint density at radius 3 is 2.22 bits per heavy atom. The topological polar surface area (TPSA) is 36.0 Å². The van der Waals surface area contributed by atoms with Crippen LogP contribution in [-0.4, -0.2) is 60.4 Å². The van der Waals surface area contributed by atoms with Crippen LogP contribution in [0.15, 0.2) is 84.9 Å². The maximum absolute atomic E-state index is 13.6. The van der Waals surface area contributed by atoms with Gasteiger partial charge in [0.15, 0.2) is 0 Å². The van der Waals surface area contributed by atoms with Gasteiger partial charge in [0.1, 0.15) is 5.75 Å². The van der Waals surface area contributed by atoms with Gasteiger partial charge in [0, 0.05) is 51.9 Å². The molecule has 2 aliphatic rings. The molecule has 2 fully saturated rings. The van der Waals surface area contributed by atoms with Crippen molar-refractivity contribution in [2.24, 2.45) is 5.92 Å². The summed E-state index contributed by atoms with van der Waals surface area (Å²) in [5, 5.41) is 0. The lowest BCUT2D eigenvalue weighted by molar-refractivity contribution is -0.140. The van der Waals surface area contributed by atoms with Crippen molar-refractivity contribution in [3.8, 4) is 5.75 Å². The van der Waals surface area contributed by atoms with Crippen molar-refractivity contribution in [3.63, 3.8) is 0 Å². The second-order valence-electron chi connectivity index (χ2n) is 10.1. The minimum atomic E-state index is 0.0521. The van der Waals surface area contributed by atoms with Crippen LogP contribution in [0.1, 0.15) is 35.6 Å². The van der Waals surface area contributed by atoms with E-state index in [2.05, 4.69) is 87.5 Å². The van der Waals surface area contributed by atoms with Crippen molar-refractivity contribution < 1.29 is 9.53 Å². The fraction of sp³-hybridized carbons (Fsp3) is 0.387. The number of carbonyl (C=O) groups excluding carboxylic acids is 1. The number of nitrogens with zero attached hydrogens (tertiary/aromatic N) is 3. The molecular weight excluding hydrogens is 446 g/mol. The molecule has 0 radical (unpaired) electrons. The summed E-state index contributed by atoms with van der Waals surface area (Å²) in [5.41, 5.74) is 3.89. The number of likely N-dealkylation sites (tertiary alicyclic amines) is 1. The summed E-state index contributed by atoms with van der Waals surface area (Å²) in [6.07, 6.45) is 1.94. The molecule has 5 rings (SSSR count). The van der Waals surface area contributed by atoms with E-state index < -0.39 is 0 Å². The largest absolute Gasteiger partial charge is 0.497 e. The van der Waals surface area contributed by atoms with Gasteiger partial charge in [0.25, 0.3) is 0 Å². The summed E-state index contributed by atoms with van der Waals surface area (Å²) in [6.45, 7) is 6.08. The molecule has 2 unspecified atom stereocenters. The minimum Gasteiger partial charge on any atom is -0.497 e. The third-order valence-electron chi connectivity index (χ3n) is 7.67. The molecule has 188 valence electrons. The Labute approximate surface area is 215 Å². The number of piperidine rings is 1. The summed E-state index contributed by atoms with van der Waals surface area (Å²) in [5.74, 6) is 1.26. The molecule has 2 atom stereocenters. The van der Waals surface area contributed by atoms with Crippen molar-refractivity contribution in [1.29, 1.82) is 0 Å². The maximum atomic E-state index is 13.6. The maximum Gasteiger partial charge on any atom is 0.227 e. The quantitative estimate of drug-likeness (QED) is 0.474. The highest BCUT2D eigenvalue weighted by Crippen LogP contribution is 2.35. The molecule has 36 heavy (non-hydrogen) atoms. The van der Waals surface area contributed by atoms with Gasteiger partial charge in [-0.15, -0.1) is 0 Å². The lowest BCUT2D eigenvalue weighted by atomic mass is 9.87. The smallest absolute Gasteiger partial charge is 0.227 e. The molecule has 3 aromatic rings. The number of ether oxygens (including phenoxy) is 1. The highest BCUT2D eigenvalue weighted by Gasteiger charge is 2.35. The van der Waals surface area contributed by atoms with Crippen LogP contribution in [0.2, 0.25) is 0 Å². The third kappa shape index (κ3) is 5.97. The van der Waals surface area contributed by atoms with Crippen molar-refractivity contribution in [2.75, 3.05) is 39.8 Å². The van der Waals surface area contributed by atoms with Gasteiger partial charge in [-0.3, -0.25) is 14.6 Å². The van der Waals surface area contributed by atoms with Gasteiger partial charge < -0.3 is 9.64 Å². The predicted molar refractivity (Wildman–Crippen MR) is 144 cm³/mol. The first-order chi connectivity index (χ1) is 17.7. The number of rotatable bonds is 7. The van der Waals surface area contributed by atoms with Gasteiger partial charge in [-0.05, 0) is 41.7 Å². The molecule has 0 N–H and O–H groups in total. The fourth-order valence-electron chi connectivity index (χ4n) is 5.70. The monoisotopic (exact) mass is 483 g/mol. The second-order valence-corrected chi connectivity index (χ2v) is 10.1. The van der Waals surface area contributed by atoms with E-state index in [-0.39, 0.29) is 5.92 Å². The lowest BCUT2D eigenvalue weighted by Crippen LogP contribution is -2.52. The van der Waals surface area contributed by atoms with E-state index in [4.69, 9.17) is 4.74 Å². The zero-order valence-corrected chi connectivity index (χ0v) is 21.3. The molecule has 0 aromatic heterocycles. The van der Waals surface area contributed by atoms with Crippen LogP contribution in [0.25, 0.3) is 0 Å². The van der Waals surface area contributed by atoms with Crippen LogP contribution >= 0.6 is 0 Å². The molecule has 5 nitrogen and oxygen atoms in total. The van der Waals surface area contributed by atoms with E-state index in [1.807, 2.05) is 12.1 Å². The molecule has 5 heteroatoms. The van der Waals surface area contributed by atoms with Crippen LogP contribution < -0.4 is 4.74 Å². The van der Waals surface area contributed by atoms with Crippen molar-refractivity contribution >= 4 is 5.91 Å². The Hall–Kier alpha value is -3.15. The summed E-state index contributed by atoms with van der Waals surface area (Å²) in [7, 11) is 1.71. The van der Waals surface area contributed by atoms with E-state index >= 15 is 0 Å². The van der Waals surface area contributed by atoms with E-state index in [0.717, 1.165) is 64.4 Å². The minimum absolute atomic E-state index is 0.0521. The molecule has 0 saturated carbocycles. The first-order valence-corrected chi connectivity index (χ1v) is 13.2. The van der Waals surface area contributed by atoms with Gasteiger partial charge in [-0.25, -0.2) is 0 Å². The summed E-state index contributed by atoms with van der Waals surface area (Å²) in [4.78, 5) is 20.7. The number of benzene rings is 3. The Morgan fingerprint density at radius 1 is 0.806 bits per heavy atom. The molecule has 0 aliphatic carbocycles. The molecule has 2 heterocycles. The van der Waals surface area contributed by atoms with Crippen LogP contribution in [0, 0.1) is 5.92 Å². The summed E-state index contributed by atoms with van der Waals surface area (Å²) >= 11 is 0. The third-order valence-corrected chi connectivity index (χ3v) is 7.67. The fourth-order valence-corrected chi connectivity index (χ4v) is 5.70. The van der Waals surface area contributed by atoms with Crippen molar-refractivity contribution in [2.45, 2.75) is 32.0 Å². The summed E-state index contributed by atoms with van der Waals surface area (Å²) in [6, 6.07) is 30.0. The van der Waals surface area contributed by atoms with Crippen molar-refractivity contribution in [1.82, 2.24) is 14.7 Å². The van der Waals surface area contributed by atoms with Crippen LogP contribution in [0.4, 0.5) is 0 Å². The molecule has 0 spiro atoms. The molecule has 2 saturated heterocycles. The number of methoxy groups -OCH3 is 1. The number of hydrogen-bond acceptors (Lipinski definition) is 4. The van der Waals surface area contributed by atoms with E-state index in [9.17, 15) is 4.79 Å². The van der Waals surface area contributed by atoms with Gasteiger partial charge in [-0.1, -0.05) is 72.8 Å². The lowest BCUT2D eigenvalue weighted by Gasteiger charge is -2.42. The first kappa shape index (κ1) is 24.5. The zero-order chi connectivity index (χ0) is 24.7. The van der Waals surface area contributed by atoms with Gasteiger partial charge in [0.05, 0.1) is 13.0 Å². The van der Waals surface area contributed by atoms with Crippen molar-refractivity contribution in [3.05, 3.63) is 102 Å². The number of carbonyl (C=O) groups is 1. The van der Waals surface area contributed by atoms with Crippen LogP contribution in [0.5, 0.6) is 5.75 Å². The Kier molecular flexibility index (Phi) is 7.99. The Balaban J connectivity index is 1.24. The number of amides is 1.